The molecule has 182 valence electrons. The Morgan fingerprint density at radius 2 is 1.89 bits per heavy atom. The van der Waals surface area contributed by atoms with Gasteiger partial charge in [0.05, 0.1) is 23.6 Å². The lowest BCUT2D eigenvalue weighted by atomic mass is 9.96. The Bertz CT molecular complexity index is 1360. The number of aromatic nitrogens is 5. The molecule has 1 aliphatic heterocycles. The average Bonchev–Trinajstić information content (AvgIpc) is 3.21. The molecule has 1 aliphatic carbocycles. The first-order valence-corrected chi connectivity index (χ1v) is 12.6. The molecule has 2 fully saturated rings. The standard InChI is InChI=1S/C25H27F2N7S/c1-17-11-22-18(13-29-34(22)20-5-3-19(26)4-6-20)12-21(17)23-15-33(35-24-14-28-31(2)30-24)10-9-32(23)16-25(27)7-8-25/h3-6,11-14,23H,7-10,15-16H2,1-2H3. The van der Waals surface area contributed by atoms with Crippen LogP contribution in [0.25, 0.3) is 16.6 Å². The molecule has 1 saturated carbocycles. The van der Waals surface area contributed by atoms with Crippen molar-refractivity contribution in [1.82, 2.24) is 34.0 Å². The Labute approximate surface area is 206 Å². The molecule has 10 heteroatoms. The number of nitrogens with zero attached hydrogens (tertiary/aromatic N) is 7. The lowest BCUT2D eigenvalue weighted by Crippen LogP contribution is -2.48. The Morgan fingerprint density at radius 3 is 2.60 bits per heavy atom. The van der Waals surface area contributed by atoms with E-state index in [1.54, 1.807) is 35.1 Å². The summed E-state index contributed by atoms with van der Waals surface area (Å²) in [5.41, 5.74) is 3.04. The molecule has 2 aromatic carbocycles. The zero-order valence-electron chi connectivity index (χ0n) is 19.7. The van der Waals surface area contributed by atoms with E-state index in [-0.39, 0.29) is 11.9 Å². The fourth-order valence-corrected chi connectivity index (χ4v) is 5.77. The van der Waals surface area contributed by atoms with Crippen molar-refractivity contribution in [1.29, 1.82) is 0 Å². The first-order valence-electron chi connectivity index (χ1n) is 11.8. The topological polar surface area (TPSA) is 55.0 Å². The molecule has 0 amide bonds. The van der Waals surface area contributed by atoms with Crippen LogP contribution in [0.2, 0.25) is 0 Å². The number of hydrogen-bond acceptors (Lipinski definition) is 6. The van der Waals surface area contributed by atoms with Crippen molar-refractivity contribution < 1.29 is 8.78 Å². The van der Waals surface area contributed by atoms with Crippen LogP contribution in [0.4, 0.5) is 8.78 Å². The number of hydrogen-bond donors (Lipinski definition) is 0. The van der Waals surface area contributed by atoms with Gasteiger partial charge in [-0.2, -0.15) is 15.0 Å². The molecule has 6 rings (SSSR count). The third-order valence-electron chi connectivity index (χ3n) is 6.92. The minimum Gasteiger partial charge on any atom is -0.291 e. The second-order valence-electron chi connectivity index (χ2n) is 9.59. The Kier molecular flexibility index (Phi) is 5.62. The lowest BCUT2D eigenvalue weighted by molar-refractivity contribution is 0.0837. The van der Waals surface area contributed by atoms with Gasteiger partial charge in [0.2, 0.25) is 0 Å². The van der Waals surface area contributed by atoms with Crippen molar-refractivity contribution in [2.45, 2.75) is 36.5 Å². The van der Waals surface area contributed by atoms with Crippen molar-refractivity contribution >= 4 is 22.9 Å². The summed E-state index contributed by atoms with van der Waals surface area (Å²) in [5.74, 6) is -0.272. The molecule has 4 aromatic rings. The van der Waals surface area contributed by atoms with E-state index >= 15 is 0 Å². The number of rotatable bonds is 6. The summed E-state index contributed by atoms with van der Waals surface area (Å²) >= 11 is 1.60. The summed E-state index contributed by atoms with van der Waals surface area (Å²) in [6, 6.07) is 10.7. The van der Waals surface area contributed by atoms with Crippen LogP contribution in [0.15, 0.2) is 53.8 Å². The summed E-state index contributed by atoms with van der Waals surface area (Å²) in [6.45, 7) is 4.95. The van der Waals surface area contributed by atoms with Crippen molar-refractivity contribution in [2.24, 2.45) is 7.05 Å². The van der Waals surface area contributed by atoms with Crippen LogP contribution in [0, 0.1) is 12.7 Å². The maximum absolute atomic E-state index is 14.9. The summed E-state index contributed by atoms with van der Waals surface area (Å²) in [6.07, 6.45) is 4.92. The van der Waals surface area contributed by atoms with E-state index in [0.29, 0.717) is 19.4 Å². The van der Waals surface area contributed by atoms with Crippen molar-refractivity contribution in [2.75, 3.05) is 26.2 Å². The normalized spacial score (nSPS) is 20.5. The van der Waals surface area contributed by atoms with Gasteiger partial charge in [-0.05, 0) is 79.2 Å². The summed E-state index contributed by atoms with van der Waals surface area (Å²) in [7, 11) is 1.81. The highest BCUT2D eigenvalue weighted by Gasteiger charge is 2.46. The smallest absolute Gasteiger partial charge is 0.153 e. The predicted octanol–water partition coefficient (Wildman–Crippen LogP) is 4.47. The lowest BCUT2D eigenvalue weighted by Gasteiger charge is -2.42. The van der Waals surface area contributed by atoms with Crippen LogP contribution in [0.5, 0.6) is 0 Å². The van der Waals surface area contributed by atoms with Crippen LogP contribution in [-0.4, -0.2) is 65.8 Å². The third-order valence-corrected chi connectivity index (χ3v) is 7.88. The number of piperazine rings is 1. The third kappa shape index (κ3) is 4.57. The molecule has 3 heterocycles. The average molecular weight is 496 g/mol. The molecule has 0 radical (unpaired) electrons. The second-order valence-corrected chi connectivity index (χ2v) is 10.7. The summed E-state index contributed by atoms with van der Waals surface area (Å²) < 4.78 is 32.4. The Morgan fingerprint density at radius 1 is 1.09 bits per heavy atom. The molecular weight excluding hydrogens is 468 g/mol. The van der Waals surface area contributed by atoms with E-state index in [1.807, 2.05) is 17.9 Å². The van der Waals surface area contributed by atoms with Gasteiger partial charge in [0.25, 0.3) is 0 Å². The van der Waals surface area contributed by atoms with Gasteiger partial charge in [0, 0.05) is 44.7 Å². The Hall–Kier alpha value is -2.82. The molecule has 0 N–H and O–H groups in total. The van der Waals surface area contributed by atoms with E-state index < -0.39 is 5.67 Å². The highest BCUT2D eigenvalue weighted by Crippen LogP contribution is 2.43. The second kappa shape index (κ2) is 8.69. The minimum absolute atomic E-state index is 0.0553. The Balaban J connectivity index is 1.33. The highest BCUT2D eigenvalue weighted by molar-refractivity contribution is 7.97. The van der Waals surface area contributed by atoms with E-state index in [9.17, 15) is 8.78 Å². The SMILES string of the molecule is Cc1cc2c(cnn2-c2ccc(F)cc2)cc1C1CN(Sc2cnn(C)n2)CCN1CC1(F)CC1. The van der Waals surface area contributed by atoms with E-state index in [0.717, 1.165) is 46.8 Å². The number of aryl methyl sites for hydroxylation is 2. The van der Waals surface area contributed by atoms with Crippen molar-refractivity contribution in [3.05, 3.63) is 65.7 Å². The van der Waals surface area contributed by atoms with Gasteiger partial charge in [0.15, 0.2) is 5.03 Å². The minimum atomic E-state index is -1.05. The van der Waals surface area contributed by atoms with Gasteiger partial charge < -0.3 is 0 Å². The van der Waals surface area contributed by atoms with Gasteiger partial charge in [-0.15, -0.1) is 5.10 Å². The van der Waals surface area contributed by atoms with E-state index in [1.165, 1.54) is 17.7 Å². The number of benzene rings is 2. The number of fused-ring (bicyclic) bond motifs is 1. The van der Waals surface area contributed by atoms with Crippen LogP contribution in [-0.2, 0) is 7.05 Å². The molecule has 1 saturated heterocycles. The largest absolute Gasteiger partial charge is 0.291 e. The monoisotopic (exact) mass is 495 g/mol. The van der Waals surface area contributed by atoms with Gasteiger partial charge >= 0.3 is 0 Å². The van der Waals surface area contributed by atoms with E-state index in [2.05, 4.69) is 43.6 Å². The van der Waals surface area contributed by atoms with Crippen LogP contribution >= 0.6 is 11.9 Å². The molecule has 0 bridgehead atoms. The van der Waals surface area contributed by atoms with Crippen molar-refractivity contribution in [3.63, 3.8) is 0 Å². The van der Waals surface area contributed by atoms with Crippen molar-refractivity contribution in [3.8, 4) is 5.69 Å². The molecule has 2 aliphatic rings. The number of alkyl halides is 1. The first-order chi connectivity index (χ1) is 16.9. The molecule has 0 spiro atoms. The van der Waals surface area contributed by atoms with Gasteiger partial charge in [-0.25, -0.2) is 17.8 Å². The summed E-state index contributed by atoms with van der Waals surface area (Å²) in [4.78, 5) is 3.87. The van der Waals surface area contributed by atoms with Crippen LogP contribution in [0.1, 0.15) is 30.0 Å². The fourth-order valence-electron chi connectivity index (χ4n) is 4.86. The van der Waals surface area contributed by atoms with E-state index in [4.69, 9.17) is 0 Å². The molecule has 35 heavy (non-hydrogen) atoms. The highest BCUT2D eigenvalue weighted by atomic mass is 32.2. The predicted molar refractivity (Wildman–Crippen MR) is 132 cm³/mol. The van der Waals surface area contributed by atoms with Crippen LogP contribution in [0.3, 0.4) is 0 Å². The molecule has 1 atom stereocenters. The maximum atomic E-state index is 14.9. The summed E-state index contributed by atoms with van der Waals surface area (Å²) in [5, 5.41) is 15.0. The van der Waals surface area contributed by atoms with Gasteiger partial charge in [0.1, 0.15) is 11.5 Å². The number of halogens is 2. The van der Waals surface area contributed by atoms with Gasteiger partial charge in [-0.1, -0.05) is 0 Å². The van der Waals surface area contributed by atoms with Gasteiger partial charge in [-0.3, -0.25) is 4.90 Å². The first kappa shape index (κ1) is 22.6. The molecule has 1 unspecified atom stereocenters. The maximum Gasteiger partial charge on any atom is 0.153 e. The zero-order valence-corrected chi connectivity index (χ0v) is 20.5. The molecular formula is C25H27F2N7S. The fraction of sp³-hybridized carbons (Fsp3) is 0.400. The zero-order chi connectivity index (χ0) is 24.2. The van der Waals surface area contributed by atoms with Crippen LogP contribution < -0.4 is 0 Å². The molecule has 2 aromatic heterocycles. The molecule has 7 nitrogen and oxygen atoms in total. The quantitative estimate of drug-likeness (QED) is 0.368.